The fourth-order valence-corrected chi connectivity index (χ4v) is 6.47. The minimum atomic E-state index is -3.64. The van der Waals surface area contributed by atoms with E-state index in [4.69, 9.17) is 15.9 Å². The largest absolute Gasteiger partial charge is 0.491 e. The van der Waals surface area contributed by atoms with Gasteiger partial charge in [0.25, 0.3) is 0 Å². The van der Waals surface area contributed by atoms with E-state index in [0.29, 0.717) is 37.4 Å². The molecule has 9 heteroatoms. The number of hydrogen-bond donors (Lipinski definition) is 0. The van der Waals surface area contributed by atoms with Crippen molar-refractivity contribution in [2.45, 2.75) is 37.2 Å². The summed E-state index contributed by atoms with van der Waals surface area (Å²) < 4.78 is 38.8. The van der Waals surface area contributed by atoms with E-state index >= 15 is 0 Å². The lowest BCUT2D eigenvalue weighted by Gasteiger charge is -2.21. The zero-order valence-corrected chi connectivity index (χ0v) is 21.2. The lowest BCUT2D eigenvalue weighted by molar-refractivity contribution is -0.106. The summed E-state index contributed by atoms with van der Waals surface area (Å²) in [5.74, 6) is 2.50. The number of hydrogen-bond acceptors (Lipinski definition) is 7. The molecule has 0 spiro atoms. The van der Waals surface area contributed by atoms with Gasteiger partial charge in [-0.1, -0.05) is 12.0 Å². The van der Waals surface area contributed by atoms with E-state index in [0.717, 1.165) is 17.5 Å². The van der Waals surface area contributed by atoms with E-state index in [1.165, 1.54) is 4.31 Å². The summed E-state index contributed by atoms with van der Waals surface area (Å²) in [6.07, 6.45) is 6.71. The fraction of sp³-hybridized carbons (Fsp3) is 0.407. The minimum Gasteiger partial charge on any atom is -0.491 e. The van der Waals surface area contributed by atoms with E-state index in [1.807, 2.05) is 24.8 Å². The van der Waals surface area contributed by atoms with Crippen molar-refractivity contribution in [1.82, 2.24) is 4.31 Å². The molecule has 2 atom stereocenters. The van der Waals surface area contributed by atoms with Crippen molar-refractivity contribution in [3.8, 4) is 18.1 Å². The van der Waals surface area contributed by atoms with Gasteiger partial charge in [-0.25, -0.2) is 13.2 Å². The number of aldehydes is 1. The van der Waals surface area contributed by atoms with Gasteiger partial charge in [-0.2, -0.15) is 4.31 Å². The van der Waals surface area contributed by atoms with Crippen LogP contribution in [0.3, 0.4) is 0 Å². The second-order valence-corrected chi connectivity index (χ2v) is 11.2. The number of rotatable bonds is 9. The van der Waals surface area contributed by atoms with Crippen molar-refractivity contribution in [2.75, 3.05) is 37.7 Å². The van der Waals surface area contributed by atoms with Crippen LogP contribution >= 0.6 is 0 Å². The predicted octanol–water partition coefficient (Wildman–Crippen LogP) is 3.08. The van der Waals surface area contributed by atoms with Gasteiger partial charge >= 0.3 is 5.97 Å². The van der Waals surface area contributed by atoms with Crippen LogP contribution in [0.4, 0.5) is 5.69 Å². The molecule has 8 nitrogen and oxygen atoms in total. The zero-order chi connectivity index (χ0) is 25.9. The molecule has 2 heterocycles. The van der Waals surface area contributed by atoms with Gasteiger partial charge in [0.1, 0.15) is 12.0 Å². The zero-order valence-electron chi connectivity index (χ0n) is 20.4. The maximum Gasteiger partial charge on any atom is 0.339 e. The van der Waals surface area contributed by atoms with Gasteiger partial charge in [0.15, 0.2) is 6.61 Å². The van der Waals surface area contributed by atoms with Crippen LogP contribution < -0.4 is 9.64 Å². The number of esters is 1. The summed E-state index contributed by atoms with van der Waals surface area (Å²) in [6, 6.07) is 11.8. The molecular weight excluding hydrogens is 480 g/mol. The topological polar surface area (TPSA) is 93.2 Å². The van der Waals surface area contributed by atoms with E-state index < -0.39 is 16.0 Å². The number of terminal acetylenes is 1. The molecule has 0 N–H and O–H groups in total. The second kappa shape index (κ2) is 10.7. The van der Waals surface area contributed by atoms with Gasteiger partial charge < -0.3 is 19.2 Å². The first-order valence-electron chi connectivity index (χ1n) is 11.9. The Labute approximate surface area is 212 Å². The Hall–Kier alpha value is -3.35. The highest BCUT2D eigenvalue weighted by Gasteiger charge is 2.41. The van der Waals surface area contributed by atoms with Crippen LogP contribution in [0.15, 0.2) is 47.4 Å². The Morgan fingerprint density at radius 1 is 1.19 bits per heavy atom. The SMILES string of the molecule is C#CCOC(=O)c1ccc2c(c1)N(CC=O)CC2C1CCN(S(=O)(=O)c2ccc(OC(C)C)cc2)C1. The lowest BCUT2D eigenvalue weighted by Crippen LogP contribution is -2.31. The highest BCUT2D eigenvalue weighted by Crippen LogP contribution is 2.44. The van der Waals surface area contributed by atoms with Crippen LogP contribution in [0.5, 0.6) is 5.75 Å². The third kappa shape index (κ3) is 5.25. The third-order valence-electron chi connectivity index (χ3n) is 6.59. The molecule has 0 saturated carbocycles. The Balaban J connectivity index is 1.52. The smallest absolute Gasteiger partial charge is 0.339 e. The van der Waals surface area contributed by atoms with Crippen LogP contribution in [0.1, 0.15) is 42.1 Å². The van der Waals surface area contributed by atoms with Gasteiger partial charge in [-0.05, 0) is 68.1 Å². The van der Waals surface area contributed by atoms with E-state index in [-0.39, 0.29) is 36.0 Å². The van der Waals surface area contributed by atoms with Crippen LogP contribution in [0, 0.1) is 18.3 Å². The number of ether oxygens (including phenoxy) is 2. The standard InChI is InChI=1S/C27H30N2O6S/c1-4-15-34-27(31)20-5-10-24-25(18-28(13-14-30)26(24)16-20)21-11-12-29(17-21)36(32,33)23-8-6-22(7-9-23)35-19(2)3/h1,5-10,14,16,19,21,25H,11-13,15,17-18H2,2-3H3. The molecule has 0 aliphatic carbocycles. The normalized spacial score (nSPS) is 19.7. The summed E-state index contributed by atoms with van der Waals surface area (Å²) in [5, 5.41) is 0. The molecule has 1 fully saturated rings. The van der Waals surface area contributed by atoms with Crippen molar-refractivity contribution in [2.24, 2.45) is 5.92 Å². The molecule has 190 valence electrons. The van der Waals surface area contributed by atoms with Crippen LogP contribution in [0.25, 0.3) is 0 Å². The predicted molar refractivity (Wildman–Crippen MR) is 136 cm³/mol. The number of carbonyl (C=O) groups excluding carboxylic acids is 2. The van der Waals surface area contributed by atoms with Crippen LogP contribution in [-0.4, -0.2) is 63.9 Å². The maximum absolute atomic E-state index is 13.3. The van der Waals surface area contributed by atoms with Gasteiger partial charge in [-0.15, -0.1) is 6.42 Å². The van der Waals surface area contributed by atoms with E-state index in [1.54, 1.807) is 36.4 Å². The molecule has 2 aromatic rings. The first-order chi connectivity index (χ1) is 17.2. The average molecular weight is 511 g/mol. The van der Waals surface area contributed by atoms with Crippen molar-refractivity contribution >= 4 is 28.0 Å². The third-order valence-corrected chi connectivity index (χ3v) is 8.47. The minimum absolute atomic E-state index is 0.00420. The molecule has 0 radical (unpaired) electrons. The maximum atomic E-state index is 13.3. The highest BCUT2D eigenvalue weighted by molar-refractivity contribution is 7.89. The first-order valence-corrected chi connectivity index (χ1v) is 13.4. The van der Waals surface area contributed by atoms with Crippen molar-refractivity contribution < 1.29 is 27.5 Å². The highest BCUT2D eigenvalue weighted by atomic mass is 32.2. The number of fused-ring (bicyclic) bond motifs is 1. The number of sulfonamides is 1. The van der Waals surface area contributed by atoms with Gasteiger partial charge in [0.05, 0.1) is 23.1 Å². The van der Waals surface area contributed by atoms with Gasteiger partial charge in [0.2, 0.25) is 10.0 Å². The Kier molecular flexibility index (Phi) is 7.67. The monoisotopic (exact) mass is 510 g/mol. The van der Waals surface area contributed by atoms with Crippen molar-refractivity contribution in [3.63, 3.8) is 0 Å². The second-order valence-electron chi connectivity index (χ2n) is 9.28. The summed E-state index contributed by atoms with van der Waals surface area (Å²) in [5.41, 5.74) is 2.16. The molecule has 2 aromatic carbocycles. The molecule has 0 aromatic heterocycles. The first kappa shape index (κ1) is 25.7. The molecule has 0 amide bonds. The summed E-state index contributed by atoms with van der Waals surface area (Å²) in [7, 11) is -3.64. The number of benzene rings is 2. The van der Waals surface area contributed by atoms with Crippen molar-refractivity contribution in [3.05, 3.63) is 53.6 Å². The Morgan fingerprint density at radius 2 is 1.94 bits per heavy atom. The molecule has 2 aliphatic heterocycles. The van der Waals surface area contributed by atoms with Gasteiger partial charge in [-0.3, -0.25) is 0 Å². The lowest BCUT2D eigenvalue weighted by atomic mass is 9.86. The molecule has 2 aliphatic rings. The average Bonchev–Trinajstić information content (AvgIpc) is 3.48. The van der Waals surface area contributed by atoms with Crippen LogP contribution in [-0.2, 0) is 19.6 Å². The van der Waals surface area contributed by atoms with Crippen molar-refractivity contribution in [1.29, 1.82) is 0 Å². The summed E-state index contributed by atoms with van der Waals surface area (Å²) >= 11 is 0. The quantitative estimate of drug-likeness (QED) is 0.291. The molecule has 36 heavy (non-hydrogen) atoms. The van der Waals surface area contributed by atoms with Gasteiger partial charge in [0, 0.05) is 31.2 Å². The molecular formula is C27H30N2O6S. The van der Waals surface area contributed by atoms with E-state index in [9.17, 15) is 18.0 Å². The summed E-state index contributed by atoms with van der Waals surface area (Å²) in [4.78, 5) is 25.8. The van der Waals surface area contributed by atoms with Crippen LogP contribution in [0.2, 0.25) is 0 Å². The molecule has 1 saturated heterocycles. The van der Waals surface area contributed by atoms with E-state index in [2.05, 4.69) is 5.92 Å². The molecule has 4 rings (SSSR count). The fourth-order valence-electron chi connectivity index (χ4n) is 4.96. The molecule has 0 bridgehead atoms. The Morgan fingerprint density at radius 3 is 2.61 bits per heavy atom. The number of anilines is 1. The Bertz CT molecular complexity index is 1270. The number of carbonyl (C=O) groups is 2. The molecule has 2 unspecified atom stereocenters. The summed E-state index contributed by atoms with van der Waals surface area (Å²) in [6.45, 7) is 5.29. The number of nitrogens with zero attached hydrogens (tertiary/aromatic N) is 2.